The van der Waals surface area contributed by atoms with E-state index in [-0.39, 0.29) is 60.0 Å². The Morgan fingerprint density at radius 2 is 1.85 bits per heavy atom. The van der Waals surface area contributed by atoms with Gasteiger partial charge >= 0.3 is 12.1 Å². The first-order valence-electron chi connectivity index (χ1n) is 19.3. The Morgan fingerprint density at radius 3 is 2.62 bits per heavy atom. The number of fused-ring (bicyclic) bond motifs is 7. The summed E-state index contributed by atoms with van der Waals surface area (Å²) in [6, 6.07) is 7.56. The number of amides is 1. The number of rotatable bonds is 4. The van der Waals surface area contributed by atoms with Gasteiger partial charge in [-0.3, -0.25) is 9.80 Å². The van der Waals surface area contributed by atoms with Crippen molar-refractivity contribution < 1.29 is 31.8 Å². The quantitative estimate of drug-likeness (QED) is 0.155. The zero-order chi connectivity index (χ0) is 38.2. The minimum Gasteiger partial charge on any atom is -0.461 e. The Kier molecular flexibility index (Phi) is 7.37. The number of ether oxygens (including phenoxy) is 2. The number of aryl methyl sites for hydroxylation is 1. The fraction of sp³-hybridized carbons (Fsp3) is 0.524. The summed E-state index contributed by atoms with van der Waals surface area (Å²) < 4.78 is 74.1. The molecule has 0 radical (unpaired) electrons. The summed E-state index contributed by atoms with van der Waals surface area (Å²) in [4.78, 5) is 34.5. The van der Waals surface area contributed by atoms with Gasteiger partial charge in [-0.2, -0.15) is 9.97 Å². The van der Waals surface area contributed by atoms with E-state index in [0.717, 1.165) is 25.8 Å². The highest BCUT2D eigenvalue weighted by molar-refractivity contribution is 6.03. The molecule has 0 N–H and O–H groups in total. The van der Waals surface area contributed by atoms with Crippen LogP contribution in [0.3, 0.4) is 0 Å². The van der Waals surface area contributed by atoms with Crippen LogP contribution in [0.1, 0.15) is 77.0 Å². The van der Waals surface area contributed by atoms with Crippen LogP contribution in [0.15, 0.2) is 30.3 Å². The van der Waals surface area contributed by atoms with Crippen molar-refractivity contribution in [1.29, 1.82) is 0 Å². The van der Waals surface area contributed by atoms with Crippen LogP contribution in [-0.2, 0) is 11.2 Å². The molecule has 0 unspecified atom stereocenters. The lowest BCUT2D eigenvalue weighted by Crippen LogP contribution is -2.62. The predicted molar refractivity (Wildman–Crippen MR) is 198 cm³/mol. The number of hydrogen-bond acceptors (Lipinski definition) is 8. The second-order valence-electron chi connectivity index (χ2n) is 17.6. The van der Waals surface area contributed by atoms with Gasteiger partial charge in [0.2, 0.25) is 0 Å². The van der Waals surface area contributed by atoms with E-state index in [0.29, 0.717) is 72.0 Å². The SMILES string of the molecule is C#Cc1c(F)ccc2cccc(-c3nc4c5c(nc(OC[C@@]67CCCN6C[C@@]6(CC6(F)F)C7)nc5c3F)N3C[C@H]5CC[C@@H]([C@H]3CC4)N5C(=O)OC(C)(C)C)c12. The predicted octanol–water partition coefficient (Wildman–Crippen LogP) is 7.65. The first-order valence-corrected chi connectivity index (χ1v) is 19.3. The second kappa shape index (κ2) is 11.7. The molecule has 5 fully saturated rings. The number of pyridine rings is 1. The van der Waals surface area contributed by atoms with Crippen LogP contribution in [0.5, 0.6) is 6.01 Å². The Morgan fingerprint density at radius 1 is 1.04 bits per heavy atom. The highest BCUT2D eigenvalue weighted by Crippen LogP contribution is 2.69. The molecule has 2 aromatic heterocycles. The van der Waals surface area contributed by atoms with E-state index < -0.39 is 34.1 Å². The molecule has 5 atom stereocenters. The van der Waals surface area contributed by atoms with Crippen molar-refractivity contribution in [2.45, 2.75) is 107 Å². The maximum atomic E-state index is 17.4. The molecule has 1 aliphatic carbocycles. The lowest BCUT2D eigenvalue weighted by Gasteiger charge is -2.47. The van der Waals surface area contributed by atoms with E-state index in [2.05, 4.69) is 15.7 Å². The topological polar surface area (TPSA) is 83.9 Å². The van der Waals surface area contributed by atoms with Crippen LogP contribution >= 0.6 is 0 Å². The molecule has 4 aromatic rings. The summed E-state index contributed by atoms with van der Waals surface area (Å²) in [5.41, 5.74) is -1.36. The van der Waals surface area contributed by atoms with Crippen molar-refractivity contribution in [3.05, 3.63) is 53.2 Å². The van der Waals surface area contributed by atoms with Gasteiger partial charge in [-0.05, 0) is 83.7 Å². The molecule has 7 heterocycles. The Balaban J connectivity index is 1.11. The van der Waals surface area contributed by atoms with Crippen molar-refractivity contribution in [3.8, 4) is 29.6 Å². The highest BCUT2D eigenvalue weighted by atomic mass is 19.3. The number of hydrogen-bond donors (Lipinski definition) is 0. The maximum absolute atomic E-state index is 17.4. The third kappa shape index (κ3) is 5.15. The van der Waals surface area contributed by atoms with Crippen molar-refractivity contribution >= 4 is 33.6 Å². The number of anilines is 1. The smallest absolute Gasteiger partial charge is 0.410 e. The Bertz CT molecular complexity index is 2360. The number of benzene rings is 2. The molecule has 4 saturated heterocycles. The number of aromatic nitrogens is 3. The minimum absolute atomic E-state index is 0.00984. The van der Waals surface area contributed by atoms with Crippen molar-refractivity contribution in [2.75, 3.05) is 31.1 Å². The van der Waals surface area contributed by atoms with E-state index in [4.69, 9.17) is 30.8 Å². The second-order valence-corrected chi connectivity index (χ2v) is 17.6. The molecule has 2 bridgehead atoms. The van der Waals surface area contributed by atoms with Gasteiger partial charge in [-0.25, -0.2) is 27.3 Å². The lowest BCUT2D eigenvalue weighted by atomic mass is 9.89. The molecule has 13 heteroatoms. The summed E-state index contributed by atoms with van der Waals surface area (Å²) in [5, 5.41) is 1.47. The van der Waals surface area contributed by atoms with Crippen molar-refractivity contribution in [1.82, 2.24) is 24.8 Å². The molecule has 9 nitrogen and oxygen atoms in total. The normalized spacial score (nSPS) is 29.0. The molecule has 1 spiro atoms. The molecule has 286 valence electrons. The minimum atomic E-state index is -2.69. The van der Waals surface area contributed by atoms with Crippen LogP contribution in [0.25, 0.3) is 32.9 Å². The van der Waals surface area contributed by atoms with E-state index in [1.165, 1.54) is 6.07 Å². The third-order valence-corrected chi connectivity index (χ3v) is 13.1. The third-order valence-electron chi connectivity index (χ3n) is 13.1. The van der Waals surface area contributed by atoms with E-state index in [1.807, 2.05) is 25.7 Å². The van der Waals surface area contributed by atoms with Crippen molar-refractivity contribution in [2.24, 2.45) is 5.41 Å². The zero-order valence-electron chi connectivity index (χ0n) is 31.1. The van der Waals surface area contributed by atoms with Crippen LogP contribution in [0.2, 0.25) is 0 Å². The van der Waals surface area contributed by atoms with Gasteiger partial charge < -0.3 is 14.4 Å². The van der Waals surface area contributed by atoms with Gasteiger partial charge in [-0.1, -0.05) is 30.2 Å². The molecule has 1 saturated carbocycles. The highest BCUT2D eigenvalue weighted by Gasteiger charge is 2.77. The standard InChI is InChI=1S/C42H42F4N6O3/c1-5-25-27(43)12-10-23-8-6-9-26(31(23)25)34-33(44)35-32-28(47-34)13-15-29-30-14-11-24(52(30)38(53)55-39(2,3)4)18-51(29)36(32)49-37(48-35)54-22-41-16-7-17-50(41)21-40(19-41)20-42(40,45)46/h1,6,8-10,12,24,29-30H,7,11,13-22H2,2-4H3/t24-,29-,30+,40+,41+/m1/s1. The Hall–Kier alpha value is -4.70. The molecule has 10 rings (SSSR count). The number of alkyl halides is 2. The van der Waals surface area contributed by atoms with Gasteiger partial charge in [0.1, 0.15) is 35.1 Å². The van der Waals surface area contributed by atoms with E-state index >= 15 is 8.78 Å². The number of nitrogens with zero attached hydrogens (tertiary/aromatic N) is 6. The van der Waals surface area contributed by atoms with Gasteiger partial charge in [0.25, 0.3) is 5.92 Å². The van der Waals surface area contributed by atoms with Crippen LogP contribution in [-0.4, -0.2) is 92.3 Å². The maximum Gasteiger partial charge on any atom is 0.410 e. The summed E-state index contributed by atoms with van der Waals surface area (Å²) in [7, 11) is 0. The average molecular weight is 755 g/mol. The number of carbonyl (C=O) groups is 1. The summed E-state index contributed by atoms with van der Waals surface area (Å²) >= 11 is 0. The zero-order valence-corrected chi connectivity index (χ0v) is 31.1. The number of carbonyl (C=O) groups excluding carboxylic acids is 1. The summed E-state index contributed by atoms with van der Waals surface area (Å²) in [6.45, 7) is 7.14. The van der Waals surface area contributed by atoms with E-state index in [1.54, 1.807) is 24.3 Å². The molecule has 55 heavy (non-hydrogen) atoms. The molecule has 5 aliphatic heterocycles. The number of piperazine rings is 1. The molecule has 1 amide bonds. The van der Waals surface area contributed by atoms with Gasteiger partial charge in [0.05, 0.1) is 45.7 Å². The number of halogens is 4. The summed E-state index contributed by atoms with van der Waals surface area (Å²) in [6.07, 6.45) is 9.83. The fourth-order valence-corrected chi connectivity index (χ4v) is 10.7. The van der Waals surface area contributed by atoms with Crippen LogP contribution in [0, 0.1) is 29.4 Å². The fourth-order valence-electron chi connectivity index (χ4n) is 10.7. The molecular weight excluding hydrogens is 712 g/mol. The molecule has 6 aliphatic rings. The van der Waals surface area contributed by atoms with Gasteiger partial charge in [0, 0.05) is 30.5 Å². The first-order chi connectivity index (χ1) is 26.2. The molecule has 2 aromatic carbocycles. The number of terminal acetylenes is 1. The summed E-state index contributed by atoms with van der Waals surface area (Å²) in [5.74, 6) is -1.08. The van der Waals surface area contributed by atoms with Crippen LogP contribution < -0.4 is 9.64 Å². The lowest BCUT2D eigenvalue weighted by molar-refractivity contribution is 0.00719. The largest absolute Gasteiger partial charge is 0.461 e. The van der Waals surface area contributed by atoms with Crippen molar-refractivity contribution in [3.63, 3.8) is 0 Å². The van der Waals surface area contributed by atoms with Gasteiger partial charge in [0.15, 0.2) is 5.82 Å². The average Bonchev–Trinajstić information content (AvgIpc) is 3.38. The molecular formula is C42H42F4N6O3. The Labute approximate surface area is 316 Å². The van der Waals surface area contributed by atoms with Gasteiger partial charge in [-0.15, -0.1) is 6.42 Å². The van der Waals surface area contributed by atoms with Crippen LogP contribution in [0.4, 0.5) is 28.2 Å². The van der Waals surface area contributed by atoms with E-state index in [9.17, 15) is 13.6 Å². The monoisotopic (exact) mass is 754 g/mol. The first kappa shape index (κ1) is 34.8.